The van der Waals surface area contributed by atoms with Crippen LogP contribution in [0.2, 0.25) is 0 Å². The van der Waals surface area contributed by atoms with Crippen molar-refractivity contribution in [2.75, 3.05) is 0 Å². The van der Waals surface area contributed by atoms with Crippen LogP contribution in [0, 0.1) is 0 Å². The molecule has 1 saturated carbocycles. The Morgan fingerprint density at radius 3 is 2.67 bits per heavy atom. The van der Waals surface area contributed by atoms with Gasteiger partial charge in [-0.1, -0.05) is 38.7 Å². The summed E-state index contributed by atoms with van der Waals surface area (Å²) in [6.45, 7) is 8.26. The molecule has 1 N–H and O–H groups in total. The maximum Gasteiger partial charge on any atom is 0.0760 e. The zero-order valence-electron chi connectivity index (χ0n) is 11.8. The first-order valence-corrected chi connectivity index (χ1v) is 7.85. The van der Waals surface area contributed by atoms with E-state index in [0.717, 1.165) is 31.3 Å². The first-order chi connectivity index (χ1) is 8.22. The van der Waals surface area contributed by atoms with Crippen molar-refractivity contribution in [3.8, 4) is 0 Å². The minimum absolute atomic E-state index is 0.137. The molecule has 0 aromatic carbocycles. The van der Waals surface area contributed by atoms with Gasteiger partial charge in [0.1, 0.15) is 0 Å². The van der Waals surface area contributed by atoms with Gasteiger partial charge in [-0.2, -0.15) is 0 Å². The molecule has 1 fully saturated rings. The van der Waals surface area contributed by atoms with Gasteiger partial charge in [0.2, 0.25) is 0 Å². The predicted octanol–water partition coefficient (Wildman–Crippen LogP) is 4.97. The molecule has 0 aromatic rings. The molecule has 0 aliphatic heterocycles. The van der Waals surface area contributed by atoms with E-state index in [2.05, 4.69) is 29.8 Å². The Labute approximate surface area is 124 Å². The lowest BCUT2D eigenvalue weighted by Crippen LogP contribution is -2.33. The SMILES string of the molecule is CC(C)=C[C@@H](O)C/C(C)=C1\CC[C@](C)(Cl)[C@@H](Br)C1. The molecule has 1 aliphatic carbocycles. The van der Waals surface area contributed by atoms with Gasteiger partial charge in [0.15, 0.2) is 0 Å². The number of aliphatic hydroxyl groups excluding tert-OH is 1. The number of alkyl halides is 2. The van der Waals surface area contributed by atoms with E-state index in [1.165, 1.54) is 11.1 Å². The third-order valence-corrected chi connectivity index (χ3v) is 5.69. The zero-order chi connectivity index (χ0) is 13.9. The summed E-state index contributed by atoms with van der Waals surface area (Å²) in [5.41, 5.74) is 3.93. The number of hydrogen-bond donors (Lipinski definition) is 1. The number of allylic oxidation sites excluding steroid dienone is 2. The average Bonchev–Trinajstić information content (AvgIpc) is 2.20. The van der Waals surface area contributed by atoms with Gasteiger partial charge < -0.3 is 5.11 Å². The minimum Gasteiger partial charge on any atom is -0.389 e. The second-order valence-corrected chi connectivity index (χ2v) is 7.82. The average molecular weight is 336 g/mol. The molecule has 0 bridgehead atoms. The molecule has 1 nitrogen and oxygen atoms in total. The maximum atomic E-state index is 9.94. The molecule has 0 unspecified atom stereocenters. The van der Waals surface area contributed by atoms with Gasteiger partial charge in [0.25, 0.3) is 0 Å². The van der Waals surface area contributed by atoms with Crippen molar-refractivity contribution in [3.63, 3.8) is 0 Å². The van der Waals surface area contributed by atoms with Crippen molar-refractivity contribution >= 4 is 27.5 Å². The molecule has 18 heavy (non-hydrogen) atoms. The molecule has 0 amide bonds. The Bertz CT molecular complexity index is 354. The third kappa shape index (κ3) is 4.71. The highest BCUT2D eigenvalue weighted by Gasteiger charge is 2.35. The monoisotopic (exact) mass is 334 g/mol. The summed E-state index contributed by atoms with van der Waals surface area (Å²) in [5.74, 6) is 0. The van der Waals surface area contributed by atoms with Gasteiger partial charge in [0.05, 0.1) is 11.0 Å². The summed E-state index contributed by atoms with van der Waals surface area (Å²) < 4.78 is 0. The molecule has 1 aliphatic rings. The van der Waals surface area contributed by atoms with E-state index in [9.17, 15) is 5.11 Å². The van der Waals surface area contributed by atoms with E-state index >= 15 is 0 Å². The van der Waals surface area contributed by atoms with Crippen LogP contribution < -0.4 is 0 Å². The molecular weight excluding hydrogens is 312 g/mol. The molecule has 1 rings (SSSR count). The van der Waals surface area contributed by atoms with Gasteiger partial charge in [-0.15, -0.1) is 11.6 Å². The standard InChI is InChI=1S/C15H24BrClO/c1-10(2)7-13(18)8-11(3)12-5-6-15(4,17)14(16)9-12/h7,13-14,18H,5-6,8-9H2,1-4H3/b12-11+/t13-,14+,15+/m1/s1. The second-order valence-electron chi connectivity index (χ2n) is 5.85. The van der Waals surface area contributed by atoms with Gasteiger partial charge in [-0.05, 0) is 53.4 Å². The van der Waals surface area contributed by atoms with Crippen molar-refractivity contribution in [1.82, 2.24) is 0 Å². The Kier molecular flexibility index (Phi) is 5.95. The van der Waals surface area contributed by atoms with E-state index in [1.807, 2.05) is 19.9 Å². The molecule has 0 aromatic heterocycles. The highest BCUT2D eigenvalue weighted by molar-refractivity contribution is 9.09. The van der Waals surface area contributed by atoms with E-state index in [4.69, 9.17) is 11.6 Å². The topological polar surface area (TPSA) is 20.2 Å². The smallest absolute Gasteiger partial charge is 0.0760 e. The minimum atomic E-state index is -0.361. The van der Waals surface area contributed by atoms with Gasteiger partial charge in [-0.3, -0.25) is 0 Å². The van der Waals surface area contributed by atoms with Gasteiger partial charge in [0, 0.05) is 4.83 Å². The number of hydrogen-bond acceptors (Lipinski definition) is 1. The fourth-order valence-corrected chi connectivity index (χ4v) is 3.16. The lowest BCUT2D eigenvalue weighted by molar-refractivity contribution is 0.222. The van der Waals surface area contributed by atoms with E-state index in [1.54, 1.807) is 0 Å². The van der Waals surface area contributed by atoms with Crippen LogP contribution in [0.3, 0.4) is 0 Å². The lowest BCUT2D eigenvalue weighted by atomic mass is 9.83. The van der Waals surface area contributed by atoms with Crippen LogP contribution in [0.1, 0.15) is 53.4 Å². The van der Waals surface area contributed by atoms with Crippen molar-refractivity contribution in [1.29, 1.82) is 0 Å². The van der Waals surface area contributed by atoms with Crippen LogP contribution in [0.5, 0.6) is 0 Å². The Morgan fingerprint density at radius 1 is 1.56 bits per heavy atom. The molecule has 0 saturated heterocycles. The van der Waals surface area contributed by atoms with Crippen molar-refractivity contribution in [2.45, 2.75) is 69.2 Å². The number of aliphatic hydroxyl groups is 1. The molecule has 0 heterocycles. The fourth-order valence-electron chi connectivity index (χ4n) is 2.37. The van der Waals surface area contributed by atoms with E-state index < -0.39 is 0 Å². The predicted molar refractivity (Wildman–Crippen MR) is 83.6 cm³/mol. The summed E-state index contributed by atoms with van der Waals surface area (Å²) in [7, 11) is 0. The summed E-state index contributed by atoms with van der Waals surface area (Å²) in [5, 5.41) is 9.94. The Hall–Kier alpha value is 0.210. The summed E-state index contributed by atoms with van der Waals surface area (Å²) in [4.78, 5) is 0.188. The summed E-state index contributed by atoms with van der Waals surface area (Å²) >= 11 is 10.1. The van der Waals surface area contributed by atoms with Crippen LogP contribution in [0.4, 0.5) is 0 Å². The Morgan fingerprint density at radius 2 is 2.17 bits per heavy atom. The first kappa shape index (κ1) is 16.3. The highest BCUT2D eigenvalue weighted by Crippen LogP contribution is 2.42. The van der Waals surface area contributed by atoms with Crippen LogP contribution in [-0.2, 0) is 0 Å². The first-order valence-electron chi connectivity index (χ1n) is 6.56. The summed E-state index contributed by atoms with van der Waals surface area (Å²) in [6, 6.07) is 0. The normalized spacial score (nSPS) is 32.9. The molecular formula is C15H24BrClO. The highest BCUT2D eigenvalue weighted by atomic mass is 79.9. The van der Waals surface area contributed by atoms with Gasteiger partial charge >= 0.3 is 0 Å². The van der Waals surface area contributed by atoms with E-state index in [-0.39, 0.29) is 11.0 Å². The molecule has 0 radical (unpaired) electrons. The fraction of sp³-hybridized carbons (Fsp3) is 0.733. The zero-order valence-corrected chi connectivity index (χ0v) is 14.1. The van der Waals surface area contributed by atoms with Crippen LogP contribution in [0.15, 0.2) is 22.8 Å². The quantitative estimate of drug-likeness (QED) is 0.570. The molecule has 104 valence electrons. The molecule has 3 heteroatoms. The molecule has 0 spiro atoms. The van der Waals surface area contributed by atoms with Crippen molar-refractivity contribution in [2.24, 2.45) is 0 Å². The van der Waals surface area contributed by atoms with Crippen LogP contribution >= 0.6 is 27.5 Å². The lowest BCUT2D eigenvalue weighted by Gasteiger charge is -2.35. The van der Waals surface area contributed by atoms with Crippen LogP contribution in [0.25, 0.3) is 0 Å². The van der Waals surface area contributed by atoms with Gasteiger partial charge in [-0.25, -0.2) is 0 Å². The van der Waals surface area contributed by atoms with E-state index in [0.29, 0.717) is 4.83 Å². The maximum absolute atomic E-state index is 9.94. The number of halogens is 2. The van der Waals surface area contributed by atoms with Crippen molar-refractivity contribution < 1.29 is 5.11 Å². The largest absolute Gasteiger partial charge is 0.389 e. The second kappa shape index (κ2) is 6.58. The number of rotatable bonds is 3. The van der Waals surface area contributed by atoms with Crippen LogP contribution in [-0.4, -0.2) is 20.9 Å². The molecule has 3 atom stereocenters. The van der Waals surface area contributed by atoms with Crippen molar-refractivity contribution in [3.05, 3.63) is 22.8 Å². The summed E-state index contributed by atoms with van der Waals surface area (Å²) in [6.07, 6.45) is 5.34. The Balaban J connectivity index is 2.68. The third-order valence-electron chi connectivity index (χ3n) is 3.64.